The van der Waals surface area contributed by atoms with E-state index in [1.807, 2.05) is 0 Å². The zero-order chi connectivity index (χ0) is 12.2. The molecule has 3 heteroatoms. The molecule has 0 amide bonds. The first-order valence-corrected chi connectivity index (χ1v) is 7.98. The highest BCUT2D eigenvalue weighted by Crippen LogP contribution is 2.27. The molecule has 0 bridgehead atoms. The van der Waals surface area contributed by atoms with Gasteiger partial charge in [-0.3, -0.25) is 4.90 Å². The molecular formula is C15H28N2O. The van der Waals surface area contributed by atoms with Gasteiger partial charge in [0, 0.05) is 31.8 Å². The minimum atomic E-state index is 0.783. The fourth-order valence-electron chi connectivity index (χ4n) is 4.00. The Morgan fingerprint density at radius 1 is 1.00 bits per heavy atom. The van der Waals surface area contributed by atoms with E-state index in [-0.39, 0.29) is 0 Å². The molecule has 3 rings (SSSR count). The quantitative estimate of drug-likeness (QED) is 0.831. The summed E-state index contributed by atoms with van der Waals surface area (Å²) >= 11 is 0. The fraction of sp³-hybridized carbons (Fsp3) is 1.00. The SMILES string of the molecule is C1CNC(C2CCCCN2CC2CCOCC2)C1. The zero-order valence-corrected chi connectivity index (χ0v) is 11.6. The van der Waals surface area contributed by atoms with Gasteiger partial charge in [-0.05, 0) is 57.5 Å². The van der Waals surface area contributed by atoms with Crippen molar-refractivity contribution in [3.63, 3.8) is 0 Å². The van der Waals surface area contributed by atoms with Gasteiger partial charge in [0.1, 0.15) is 0 Å². The molecule has 0 radical (unpaired) electrons. The molecular weight excluding hydrogens is 224 g/mol. The Balaban J connectivity index is 1.56. The van der Waals surface area contributed by atoms with E-state index < -0.39 is 0 Å². The maximum atomic E-state index is 5.48. The Kier molecular flexibility index (Phi) is 4.55. The minimum absolute atomic E-state index is 0.783. The second kappa shape index (κ2) is 6.36. The van der Waals surface area contributed by atoms with E-state index in [1.165, 1.54) is 64.6 Å². The summed E-state index contributed by atoms with van der Waals surface area (Å²) in [6, 6.07) is 1.61. The predicted octanol–water partition coefficient (Wildman–Crippen LogP) is 2.02. The molecule has 18 heavy (non-hydrogen) atoms. The van der Waals surface area contributed by atoms with E-state index in [1.54, 1.807) is 0 Å². The van der Waals surface area contributed by atoms with E-state index in [2.05, 4.69) is 10.2 Å². The lowest BCUT2D eigenvalue weighted by Gasteiger charge is -2.41. The molecule has 3 saturated heterocycles. The Bertz CT molecular complexity index is 247. The second-order valence-electron chi connectivity index (χ2n) is 6.32. The van der Waals surface area contributed by atoms with Crippen LogP contribution < -0.4 is 5.32 Å². The highest BCUT2D eigenvalue weighted by Gasteiger charge is 2.32. The summed E-state index contributed by atoms with van der Waals surface area (Å²) < 4.78 is 5.48. The highest BCUT2D eigenvalue weighted by atomic mass is 16.5. The van der Waals surface area contributed by atoms with Crippen molar-refractivity contribution in [3.05, 3.63) is 0 Å². The molecule has 3 aliphatic rings. The van der Waals surface area contributed by atoms with Crippen LogP contribution >= 0.6 is 0 Å². The third-order valence-corrected chi connectivity index (χ3v) is 5.06. The maximum Gasteiger partial charge on any atom is 0.0469 e. The molecule has 2 unspecified atom stereocenters. The number of piperidine rings is 1. The molecule has 0 aromatic heterocycles. The number of hydrogen-bond donors (Lipinski definition) is 1. The van der Waals surface area contributed by atoms with Crippen LogP contribution in [0.2, 0.25) is 0 Å². The molecule has 104 valence electrons. The smallest absolute Gasteiger partial charge is 0.0469 e. The van der Waals surface area contributed by atoms with Gasteiger partial charge >= 0.3 is 0 Å². The Morgan fingerprint density at radius 3 is 2.67 bits per heavy atom. The van der Waals surface area contributed by atoms with Crippen molar-refractivity contribution >= 4 is 0 Å². The van der Waals surface area contributed by atoms with Gasteiger partial charge < -0.3 is 10.1 Å². The highest BCUT2D eigenvalue weighted by molar-refractivity contribution is 4.91. The number of rotatable bonds is 3. The summed E-state index contributed by atoms with van der Waals surface area (Å²) in [5, 5.41) is 3.73. The largest absolute Gasteiger partial charge is 0.381 e. The summed E-state index contributed by atoms with van der Waals surface area (Å²) in [7, 11) is 0. The third kappa shape index (κ3) is 3.06. The number of ether oxygens (including phenoxy) is 1. The Morgan fingerprint density at radius 2 is 1.89 bits per heavy atom. The lowest BCUT2D eigenvalue weighted by molar-refractivity contribution is 0.0332. The molecule has 0 aromatic carbocycles. The van der Waals surface area contributed by atoms with Crippen LogP contribution in [0.5, 0.6) is 0 Å². The van der Waals surface area contributed by atoms with Crippen molar-refractivity contribution in [1.29, 1.82) is 0 Å². The first kappa shape index (κ1) is 12.9. The van der Waals surface area contributed by atoms with E-state index in [9.17, 15) is 0 Å². The van der Waals surface area contributed by atoms with E-state index in [0.717, 1.165) is 31.2 Å². The average Bonchev–Trinajstić information content (AvgIpc) is 2.94. The number of hydrogen-bond acceptors (Lipinski definition) is 3. The van der Waals surface area contributed by atoms with Gasteiger partial charge in [0.2, 0.25) is 0 Å². The predicted molar refractivity (Wildman–Crippen MR) is 73.8 cm³/mol. The van der Waals surface area contributed by atoms with Crippen LogP contribution in [0.4, 0.5) is 0 Å². The van der Waals surface area contributed by atoms with Gasteiger partial charge in [-0.2, -0.15) is 0 Å². The minimum Gasteiger partial charge on any atom is -0.381 e. The first-order chi connectivity index (χ1) is 8.93. The van der Waals surface area contributed by atoms with Crippen LogP contribution in [0.15, 0.2) is 0 Å². The number of likely N-dealkylation sites (tertiary alicyclic amines) is 1. The van der Waals surface area contributed by atoms with Crippen LogP contribution in [-0.2, 0) is 4.74 Å². The molecule has 0 spiro atoms. The van der Waals surface area contributed by atoms with E-state index in [4.69, 9.17) is 4.74 Å². The van der Waals surface area contributed by atoms with Crippen molar-refractivity contribution in [3.8, 4) is 0 Å². The van der Waals surface area contributed by atoms with Crippen molar-refractivity contribution in [2.45, 2.75) is 57.0 Å². The molecule has 0 saturated carbocycles. The lowest BCUT2D eigenvalue weighted by Crippen LogP contribution is -2.51. The molecule has 0 aliphatic carbocycles. The van der Waals surface area contributed by atoms with Crippen LogP contribution in [0.3, 0.4) is 0 Å². The zero-order valence-electron chi connectivity index (χ0n) is 11.6. The number of nitrogens with one attached hydrogen (secondary N) is 1. The van der Waals surface area contributed by atoms with Crippen LogP contribution in [-0.4, -0.2) is 49.8 Å². The first-order valence-electron chi connectivity index (χ1n) is 7.98. The molecule has 1 N–H and O–H groups in total. The maximum absolute atomic E-state index is 5.48. The normalized spacial score (nSPS) is 36.0. The van der Waals surface area contributed by atoms with Crippen molar-refractivity contribution in [1.82, 2.24) is 10.2 Å². The van der Waals surface area contributed by atoms with Gasteiger partial charge in [0.25, 0.3) is 0 Å². The van der Waals surface area contributed by atoms with Gasteiger partial charge in [0.15, 0.2) is 0 Å². The molecule has 2 atom stereocenters. The fourth-order valence-corrected chi connectivity index (χ4v) is 4.00. The van der Waals surface area contributed by atoms with Crippen molar-refractivity contribution in [2.75, 3.05) is 32.8 Å². The lowest BCUT2D eigenvalue weighted by atomic mass is 9.91. The number of nitrogens with zero attached hydrogens (tertiary/aromatic N) is 1. The summed E-state index contributed by atoms with van der Waals surface area (Å²) in [5.74, 6) is 0.890. The van der Waals surface area contributed by atoms with E-state index >= 15 is 0 Å². The van der Waals surface area contributed by atoms with Crippen LogP contribution in [0, 0.1) is 5.92 Å². The third-order valence-electron chi connectivity index (χ3n) is 5.06. The monoisotopic (exact) mass is 252 g/mol. The van der Waals surface area contributed by atoms with Crippen LogP contribution in [0.25, 0.3) is 0 Å². The molecule has 3 aliphatic heterocycles. The average molecular weight is 252 g/mol. The molecule has 3 nitrogen and oxygen atoms in total. The van der Waals surface area contributed by atoms with Crippen molar-refractivity contribution in [2.24, 2.45) is 5.92 Å². The van der Waals surface area contributed by atoms with Gasteiger partial charge in [-0.25, -0.2) is 0 Å². The van der Waals surface area contributed by atoms with E-state index in [0.29, 0.717) is 0 Å². The molecule has 3 heterocycles. The Labute approximate surface area is 111 Å². The Hall–Kier alpha value is -0.120. The summed E-state index contributed by atoms with van der Waals surface area (Å²) in [4.78, 5) is 2.81. The van der Waals surface area contributed by atoms with Gasteiger partial charge in [0.05, 0.1) is 0 Å². The molecule has 0 aromatic rings. The van der Waals surface area contributed by atoms with Gasteiger partial charge in [-0.1, -0.05) is 6.42 Å². The summed E-state index contributed by atoms with van der Waals surface area (Å²) in [6.07, 6.45) is 9.60. The standard InChI is InChI=1S/C15H28N2O/c1-2-9-17(12-13-6-10-18-11-7-13)15(5-1)14-4-3-8-16-14/h13-16H,1-12H2. The topological polar surface area (TPSA) is 24.5 Å². The van der Waals surface area contributed by atoms with Crippen molar-refractivity contribution < 1.29 is 4.74 Å². The summed E-state index contributed by atoms with van der Waals surface area (Å²) in [5.41, 5.74) is 0. The van der Waals surface area contributed by atoms with Crippen LogP contribution in [0.1, 0.15) is 44.9 Å². The molecule has 3 fully saturated rings. The summed E-state index contributed by atoms with van der Waals surface area (Å²) in [6.45, 7) is 5.88. The van der Waals surface area contributed by atoms with Gasteiger partial charge in [-0.15, -0.1) is 0 Å². The second-order valence-corrected chi connectivity index (χ2v) is 6.32.